The molecular weight excluding hydrogens is 491 g/mol. The topological polar surface area (TPSA) is 79.3 Å². The van der Waals surface area contributed by atoms with Crippen molar-refractivity contribution in [1.82, 2.24) is 24.8 Å². The Bertz CT molecular complexity index is 1330. The third kappa shape index (κ3) is 5.19. The number of thiophene rings is 1. The lowest BCUT2D eigenvalue weighted by molar-refractivity contribution is -0.140. The van der Waals surface area contributed by atoms with Gasteiger partial charge in [-0.15, -0.1) is 0 Å². The van der Waals surface area contributed by atoms with Crippen LogP contribution >= 0.6 is 11.3 Å². The van der Waals surface area contributed by atoms with Crippen LogP contribution in [0.2, 0.25) is 0 Å². The van der Waals surface area contributed by atoms with E-state index in [0.717, 1.165) is 44.4 Å². The molecule has 1 aliphatic heterocycles. The van der Waals surface area contributed by atoms with Crippen molar-refractivity contribution in [2.24, 2.45) is 0 Å². The molecule has 0 radical (unpaired) electrons. The number of aromatic nitrogens is 4. The molecule has 0 amide bonds. The van der Waals surface area contributed by atoms with E-state index in [9.17, 15) is 13.2 Å². The Morgan fingerprint density at radius 3 is 2.61 bits per heavy atom. The first kappa shape index (κ1) is 24.2. The van der Waals surface area contributed by atoms with Gasteiger partial charge in [-0.1, -0.05) is 0 Å². The van der Waals surface area contributed by atoms with Gasteiger partial charge in [0, 0.05) is 68.7 Å². The standard InChI is InChI=1S/C24H24F3N7OS/c1-35-20-4-6-29-23(32-20)34-11-9-33(10-12-34)8-7-28-22-17-2-3-19(24(25,26)27)31-21(17)18(14-30-22)16-5-13-36-15-16/h2-6,13-15H,7-12H2,1H3,(H,28,30). The SMILES string of the molecule is COc1ccnc(N2CCN(CCNc3ncc(-c4ccsc4)c4nc(C(F)(F)F)ccc34)CC2)n1. The van der Waals surface area contributed by atoms with Crippen molar-refractivity contribution in [2.75, 3.05) is 56.6 Å². The van der Waals surface area contributed by atoms with Crippen molar-refractivity contribution in [2.45, 2.75) is 6.18 Å². The highest BCUT2D eigenvalue weighted by Gasteiger charge is 2.33. The molecule has 4 aromatic heterocycles. The van der Waals surface area contributed by atoms with Crippen LogP contribution in [0.5, 0.6) is 5.88 Å². The Morgan fingerprint density at radius 1 is 1.06 bits per heavy atom. The molecule has 188 valence electrons. The Labute approximate surface area is 209 Å². The molecule has 0 unspecified atom stereocenters. The largest absolute Gasteiger partial charge is 0.481 e. The molecule has 4 aromatic rings. The lowest BCUT2D eigenvalue weighted by Gasteiger charge is -2.34. The highest BCUT2D eigenvalue weighted by Crippen LogP contribution is 2.35. The first-order valence-corrected chi connectivity index (χ1v) is 12.3. The molecule has 0 bridgehead atoms. The van der Waals surface area contributed by atoms with Crippen LogP contribution in [-0.2, 0) is 6.18 Å². The van der Waals surface area contributed by atoms with Gasteiger partial charge in [0.2, 0.25) is 11.8 Å². The van der Waals surface area contributed by atoms with Gasteiger partial charge in [-0.2, -0.15) is 29.5 Å². The van der Waals surface area contributed by atoms with Crippen molar-refractivity contribution in [3.8, 4) is 17.0 Å². The number of fused-ring (bicyclic) bond motifs is 1. The van der Waals surface area contributed by atoms with Gasteiger partial charge in [0.15, 0.2) is 0 Å². The molecule has 0 saturated carbocycles. The number of anilines is 2. The fourth-order valence-electron chi connectivity index (χ4n) is 4.15. The minimum absolute atomic E-state index is 0.285. The normalized spacial score (nSPS) is 14.8. The minimum Gasteiger partial charge on any atom is -0.481 e. The van der Waals surface area contributed by atoms with Crippen LogP contribution in [0.15, 0.2) is 47.4 Å². The van der Waals surface area contributed by atoms with E-state index in [1.807, 2.05) is 16.8 Å². The highest BCUT2D eigenvalue weighted by molar-refractivity contribution is 7.08. The number of alkyl halides is 3. The van der Waals surface area contributed by atoms with E-state index in [0.29, 0.717) is 35.1 Å². The number of pyridine rings is 2. The van der Waals surface area contributed by atoms with Crippen LogP contribution in [0.25, 0.3) is 22.0 Å². The summed E-state index contributed by atoms with van der Waals surface area (Å²) in [6.45, 7) is 4.60. The average molecular weight is 516 g/mol. The van der Waals surface area contributed by atoms with E-state index < -0.39 is 11.9 Å². The van der Waals surface area contributed by atoms with Gasteiger partial charge in [-0.25, -0.2) is 15.0 Å². The summed E-state index contributed by atoms with van der Waals surface area (Å²) in [4.78, 5) is 21.7. The predicted octanol–water partition coefficient (Wildman–Crippen LogP) is 4.41. The number of nitrogens with zero attached hydrogens (tertiary/aromatic N) is 6. The van der Waals surface area contributed by atoms with Crippen LogP contribution in [0.3, 0.4) is 0 Å². The van der Waals surface area contributed by atoms with Gasteiger partial charge in [0.05, 0.1) is 12.6 Å². The number of ether oxygens (including phenoxy) is 1. The van der Waals surface area contributed by atoms with Gasteiger partial charge >= 0.3 is 6.18 Å². The summed E-state index contributed by atoms with van der Waals surface area (Å²) in [5.74, 6) is 1.71. The predicted molar refractivity (Wildman–Crippen MR) is 134 cm³/mol. The molecule has 1 N–H and O–H groups in total. The molecule has 12 heteroatoms. The first-order chi connectivity index (χ1) is 17.4. The zero-order valence-electron chi connectivity index (χ0n) is 19.5. The van der Waals surface area contributed by atoms with E-state index in [4.69, 9.17) is 4.74 Å². The number of nitrogens with one attached hydrogen (secondary N) is 1. The fraction of sp³-hybridized carbons (Fsp3) is 0.333. The summed E-state index contributed by atoms with van der Waals surface area (Å²) in [6, 6.07) is 6.03. The van der Waals surface area contributed by atoms with E-state index in [-0.39, 0.29) is 5.52 Å². The molecule has 36 heavy (non-hydrogen) atoms. The average Bonchev–Trinajstić information content (AvgIpc) is 3.43. The summed E-state index contributed by atoms with van der Waals surface area (Å²) in [7, 11) is 1.58. The molecule has 0 atom stereocenters. The van der Waals surface area contributed by atoms with Gasteiger partial charge < -0.3 is 15.0 Å². The van der Waals surface area contributed by atoms with Crippen LogP contribution in [0.1, 0.15) is 5.69 Å². The van der Waals surface area contributed by atoms with Crippen molar-refractivity contribution >= 4 is 34.0 Å². The summed E-state index contributed by atoms with van der Waals surface area (Å²) < 4.78 is 45.3. The Balaban J connectivity index is 1.26. The molecule has 1 saturated heterocycles. The van der Waals surface area contributed by atoms with Crippen LogP contribution in [0.4, 0.5) is 24.9 Å². The summed E-state index contributed by atoms with van der Waals surface area (Å²) in [6.07, 6.45) is -1.24. The smallest absolute Gasteiger partial charge is 0.433 e. The minimum atomic E-state index is -4.52. The maximum absolute atomic E-state index is 13.4. The molecule has 8 nitrogen and oxygen atoms in total. The van der Waals surface area contributed by atoms with E-state index >= 15 is 0 Å². The molecule has 5 heterocycles. The second-order valence-electron chi connectivity index (χ2n) is 8.28. The molecule has 0 spiro atoms. The van der Waals surface area contributed by atoms with Gasteiger partial charge in [-0.05, 0) is 34.5 Å². The van der Waals surface area contributed by atoms with Gasteiger partial charge in [0.25, 0.3) is 0 Å². The zero-order valence-corrected chi connectivity index (χ0v) is 20.3. The number of hydrogen-bond donors (Lipinski definition) is 1. The summed E-state index contributed by atoms with van der Waals surface area (Å²) in [5, 5.41) is 7.61. The number of hydrogen-bond acceptors (Lipinski definition) is 9. The number of piperazine rings is 1. The summed E-state index contributed by atoms with van der Waals surface area (Å²) >= 11 is 1.47. The maximum atomic E-state index is 13.4. The molecule has 1 fully saturated rings. The lowest BCUT2D eigenvalue weighted by atomic mass is 10.1. The Hall–Kier alpha value is -3.51. The van der Waals surface area contributed by atoms with Crippen LogP contribution in [-0.4, -0.2) is 71.2 Å². The van der Waals surface area contributed by atoms with Crippen molar-refractivity contribution in [1.29, 1.82) is 0 Å². The van der Waals surface area contributed by atoms with Gasteiger partial charge in [-0.3, -0.25) is 4.90 Å². The molecule has 1 aliphatic rings. The summed E-state index contributed by atoms with van der Waals surface area (Å²) in [5.41, 5.74) is 0.752. The molecule has 5 rings (SSSR count). The lowest BCUT2D eigenvalue weighted by Crippen LogP contribution is -2.48. The monoisotopic (exact) mass is 515 g/mol. The fourth-order valence-corrected chi connectivity index (χ4v) is 4.80. The highest BCUT2D eigenvalue weighted by atomic mass is 32.1. The van der Waals surface area contributed by atoms with Crippen molar-refractivity contribution in [3.05, 3.63) is 53.1 Å². The second-order valence-corrected chi connectivity index (χ2v) is 9.06. The van der Waals surface area contributed by atoms with E-state index in [1.54, 1.807) is 25.6 Å². The second kappa shape index (κ2) is 10.2. The first-order valence-electron chi connectivity index (χ1n) is 11.4. The molecule has 0 aromatic carbocycles. The van der Waals surface area contributed by atoms with Crippen molar-refractivity contribution < 1.29 is 17.9 Å². The van der Waals surface area contributed by atoms with Crippen molar-refractivity contribution in [3.63, 3.8) is 0 Å². The number of rotatable bonds is 7. The van der Waals surface area contributed by atoms with Crippen LogP contribution in [0, 0.1) is 0 Å². The molecular formula is C24H24F3N7OS. The number of methoxy groups -OCH3 is 1. The van der Waals surface area contributed by atoms with E-state index in [2.05, 4.69) is 35.1 Å². The van der Waals surface area contributed by atoms with Crippen LogP contribution < -0.4 is 15.0 Å². The maximum Gasteiger partial charge on any atom is 0.433 e. The zero-order chi connectivity index (χ0) is 25.1. The van der Waals surface area contributed by atoms with Gasteiger partial charge in [0.1, 0.15) is 11.5 Å². The van der Waals surface area contributed by atoms with E-state index in [1.165, 1.54) is 17.4 Å². The third-order valence-electron chi connectivity index (χ3n) is 6.05. The Kier molecular flexibility index (Phi) is 6.88. The third-order valence-corrected chi connectivity index (χ3v) is 6.74. The quantitative estimate of drug-likeness (QED) is 0.388. The number of halogens is 3. The Morgan fingerprint density at radius 2 is 1.89 bits per heavy atom. The molecule has 0 aliphatic carbocycles.